The minimum atomic E-state index is -0.872. The van der Waals surface area contributed by atoms with Gasteiger partial charge in [-0.15, -0.1) is 0 Å². The van der Waals surface area contributed by atoms with Crippen molar-refractivity contribution in [3.05, 3.63) is 0 Å². The van der Waals surface area contributed by atoms with Crippen LogP contribution in [0.25, 0.3) is 0 Å². The fourth-order valence-corrected chi connectivity index (χ4v) is 3.05. The number of thioether (sulfide) groups is 1. The van der Waals surface area contributed by atoms with Crippen LogP contribution in [0.3, 0.4) is 0 Å². The van der Waals surface area contributed by atoms with E-state index in [0.717, 1.165) is 12.2 Å². The third-order valence-corrected chi connectivity index (χ3v) is 3.99. The number of carboxylic acids is 1. The van der Waals surface area contributed by atoms with Crippen molar-refractivity contribution in [1.29, 1.82) is 0 Å². The Morgan fingerprint density at radius 2 is 2.15 bits per heavy atom. The third-order valence-electron chi connectivity index (χ3n) is 2.89. The molecule has 0 radical (unpaired) electrons. The molecule has 0 aliphatic carbocycles. The first-order valence-electron chi connectivity index (χ1n) is 6.64. The van der Waals surface area contributed by atoms with Crippen LogP contribution in [0.1, 0.15) is 19.8 Å². The predicted octanol–water partition coefficient (Wildman–Crippen LogP) is 0.114. The molecule has 7 nitrogen and oxygen atoms in total. The van der Waals surface area contributed by atoms with Crippen molar-refractivity contribution >= 4 is 29.7 Å². The summed E-state index contributed by atoms with van der Waals surface area (Å²) in [6, 6.07) is -0.659. The lowest BCUT2D eigenvalue weighted by Gasteiger charge is -2.33. The summed E-state index contributed by atoms with van der Waals surface area (Å²) in [7, 11) is 0. The highest BCUT2D eigenvalue weighted by molar-refractivity contribution is 7.99. The lowest BCUT2D eigenvalue weighted by atomic mass is 10.2. The number of nitrogens with one attached hydrogen (secondary N) is 2. The summed E-state index contributed by atoms with van der Waals surface area (Å²) >= 11 is 1.68. The molecule has 8 heteroatoms. The Morgan fingerprint density at radius 1 is 1.40 bits per heavy atom. The molecular formula is C12H21N3O4S. The van der Waals surface area contributed by atoms with Crippen LogP contribution in [0.15, 0.2) is 0 Å². The summed E-state index contributed by atoms with van der Waals surface area (Å²) in [5.41, 5.74) is 0. The maximum Gasteiger partial charge on any atom is 0.321 e. The van der Waals surface area contributed by atoms with Gasteiger partial charge < -0.3 is 10.4 Å². The van der Waals surface area contributed by atoms with Crippen LogP contribution >= 0.6 is 11.8 Å². The quantitative estimate of drug-likeness (QED) is 0.644. The van der Waals surface area contributed by atoms with Crippen LogP contribution in [0, 0.1) is 0 Å². The summed E-state index contributed by atoms with van der Waals surface area (Å²) in [6.45, 7) is 3.15. The molecule has 1 heterocycles. The van der Waals surface area contributed by atoms with Crippen molar-refractivity contribution in [1.82, 2.24) is 15.5 Å². The van der Waals surface area contributed by atoms with Gasteiger partial charge in [0.2, 0.25) is 5.91 Å². The van der Waals surface area contributed by atoms with Crippen LogP contribution in [0.2, 0.25) is 0 Å². The van der Waals surface area contributed by atoms with Gasteiger partial charge in [0.15, 0.2) is 0 Å². The van der Waals surface area contributed by atoms with E-state index in [2.05, 4.69) is 10.6 Å². The van der Waals surface area contributed by atoms with E-state index in [1.165, 1.54) is 0 Å². The van der Waals surface area contributed by atoms with E-state index in [1.54, 1.807) is 11.8 Å². The number of carbonyl (C=O) groups excluding carboxylic acids is 2. The van der Waals surface area contributed by atoms with E-state index in [9.17, 15) is 14.4 Å². The lowest BCUT2D eigenvalue weighted by Crippen LogP contribution is -2.50. The molecule has 3 amide bonds. The zero-order valence-corrected chi connectivity index (χ0v) is 12.4. The molecule has 20 heavy (non-hydrogen) atoms. The van der Waals surface area contributed by atoms with Gasteiger partial charge >= 0.3 is 12.0 Å². The molecule has 1 saturated heterocycles. The van der Waals surface area contributed by atoms with Crippen molar-refractivity contribution in [2.45, 2.75) is 25.8 Å². The summed E-state index contributed by atoms with van der Waals surface area (Å²) < 4.78 is 0. The van der Waals surface area contributed by atoms with Gasteiger partial charge in [0.1, 0.15) is 0 Å². The highest BCUT2D eigenvalue weighted by Crippen LogP contribution is 2.18. The molecule has 0 aromatic rings. The number of nitrogens with zero attached hydrogens (tertiary/aromatic N) is 1. The molecule has 1 rings (SSSR count). The number of carbonyl (C=O) groups is 3. The Morgan fingerprint density at radius 3 is 2.80 bits per heavy atom. The van der Waals surface area contributed by atoms with Crippen LogP contribution in [-0.4, -0.2) is 65.1 Å². The topological polar surface area (TPSA) is 98.7 Å². The highest BCUT2D eigenvalue weighted by Gasteiger charge is 2.26. The lowest BCUT2D eigenvalue weighted by molar-refractivity contribution is -0.138. The number of hydrogen-bond acceptors (Lipinski definition) is 5. The molecule has 1 aliphatic heterocycles. The van der Waals surface area contributed by atoms with Crippen molar-refractivity contribution in [3.8, 4) is 0 Å². The van der Waals surface area contributed by atoms with E-state index in [0.29, 0.717) is 18.8 Å². The molecule has 1 aliphatic rings. The molecular weight excluding hydrogens is 282 g/mol. The molecule has 0 spiro atoms. The average molecular weight is 303 g/mol. The third kappa shape index (κ3) is 6.25. The molecule has 1 atom stereocenters. The fourth-order valence-electron chi connectivity index (χ4n) is 1.92. The normalized spacial score (nSPS) is 19.4. The van der Waals surface area contributed by atoms with E-state index in [1.807, 2.05) is 11.8 Å². The maximum absolute atomic E-state index is 11.7. The van der Waals surface area contributed by atoms with E-state index >= 15 is 0 Å². The van der Waals surface area contributed by atoms with Crippen LogP contribution in [0.5, 0.6) is 0 Å². The monoisotopic (exact) mass is 303 g/mol. The van der Waals surface area contributed by atoms with Gasteiger partial charge in [0.05, 0.1) is 13.0 Å². The number of imide groups is 1. The molecule has 3 N–H and O–H groups in total. The van der Waals surface area contributed by atoms with Crippen molar-refractivity contribution in [3.63, 3.8) is 0 Å². The number of rotatable bonds is 6. The number of carboxylic acid groups (broad SMARTS) is 1. The molecule has 0 aromatic carbocycles. The first-order valence-corrected chi connectivity index (χ1v) is 7.79. The maximum atomic E-state index is 11.7. The van der Waals surface area contributed by atoms with Gasteiger partial charge in [0.25, 0.3) is 0 Å². The van der Waals surface area contributed by atoms with Gasteiger partial charge in [-0.05, 0) is 6.42 Å². The van der Waals surface area contributed by atoms with Crippen molar-refractivity contribution in [2.75, 3.05) is 31.1 Å². The van der Waals surface area contributed by atoms with Gasteiger partial charge in [0, 0.05) is 30.6 Å². The second-order valence-corrected chi connectivity index (χ2v) is 5.75. The fraction of sp³-hybridized carbons (Fsp3) is 0.750. The Hall–Kier alpha value is -1.28. The first-order chi connectivity index (χ1) is 9.52. The first kappa shape index (κ1) is 16.8. The van der Waals surface area contributed by atoms with Gasteiger partial charge in [-0.1, -0.05) is 6.92 Å². The number of hydrogen-bond donors (Lipinski definition) is 3. The molecule has 1 fully saturated rings. The second kappa shape index (κ2) is 8.80. The number of amides is 3. The van der Waals surface area contributed by atoms with E-state index < -0.39 is 17.9 Å². The Balaban J connectivity index is 2.41. The molecule has 0 aromatic heterocycles. The highest BCUT2D eigenvalue weighted by atomic mass is 32.2. The summed E-state index contributed by atoms with van der Waals surface area (Å²) in [5, 5.41) is 13.7. The summed E-state index contributed by atoms with van der Waals surface area (Å²) in [6.07, 6.45) is 0.813. The summed E-state index contributed by atoms with van der Waals surface area (Å²) in [4.78, 5) is 35.7. The number of urea groups is 1. The van der Waals surface area contributed by atoms with Crippen LogP contribution in [0.4, 0.5) is 4.79 Å². The smallest absolute Gasteiger partial charge is 0.321 e. The second-order valence-electron chi connectivity index (χ2n) is 4.60. The van der Waals surface area contributed by atoms with Crippen LogP contribution < -0.4 is 10.6 Å². The molecule has 114 valence electrons. The van der Waals surface area contributed by atoms with Crippen molar-refractivity contribution in [2.24, 2.45) is 0 Å². The minimum Gasteiger partial charge on any atom is -0.481 e. The largest absolute Gasteiger partial charge is 0.481 e. The molecule has 0 bridgehead atoms. The minimum absolute atomic E-state index is 0.0162. The van der Waals surface area contributed by atoms with Gasteiger partial charge in [-0.3, -0.25) is 19.8 Å². The zero-order chi connectivity index (χ0) is 15.0. The molecule has 0 saturated carbocycles. The van der Waals surface area contributed by atoms with Gasteiger partial charge in [-0.2, -0.15) is 11.8 Å². The Bertz CT molecular complexity index is 365. The van der Waals surface area contributed by atoms with Crippen molar-refractivity contribution < 1.29 is 19.5 Å². The van der Waals surface area contributed by atoms with E-state index in [-0.39, 0.29) is 19.0 Å². The van der Waals surface area contributed by atoms with E-state index in [4.69, 9.17) is 5.11 Å². The van der Waals surface area contributed by atoms with Crippen LogP contribution in [-0.2, 0) is 9.59 Å². The van der Waals surface area contributed by atoms with Gasteiger partial charge in [-0.25, -0.2) is 4.79 Å². The Labute approximate surface area is 122 Å². The average Bonchev–Trinajstić information content (AvgIpc) is 2.38. The molecule has 1 unspecified atom stereocenters. The zero-order valence-electron chi connectivity index (χ0n) is 11.6. The Kier molecular flexibility index (Phi) is 7.38. The standard InChI is InChI=1S/C12H21N3O4S/c1-2-3-13-12(19)14-10(16)7-15-4-5-20-8-9(15)6-11(17)18/h9H,2-8H2,1H3,(H,17,18)(H2,13,14,16,19). The SMILES string of the molecule is CCCNC(=O)NC(=O)CN1CCSCC1CC(=O)O. The number of aliphatic carboxylic acids is 1. The predicted molar refractivity (Wildman–Crippen MR) is 76.8 cm³/mol. The summed E-state index contributed by atoms with van der Waals surface area (Å²) in [5.74, 6) is 0.289.